The average Bonchev–Trinajstić information content (AvgIpc) is 2.09. The van der Waals surface area contributed by atoms with E-state index in [-0.39, 0.29) is 0 Å². The second-order valence-electron chi connectivity index (χ2n) is 1.99. The zero-order valence-corrected chi connectivity index (χ0v) is 6.51. The van der Waals surface area contributed by atoms with Crippen LogP contribution in [-0.2, 0) is 4.79 Å². The summed E-state index contributed by atoms with van der Waals surface area (Å²) in [4.78, 5) is 10.3. The summed E-state index contributed by atoms with van der Waals surface area (Å²) in [6.07, 6.45) is 1.75. The summed E-state index contributed by atoms with van der Waals surface area (Å²) in [7, 11) is 0. The summed E-state index contributed by atoms with van der Waals surface area (Å²) in [6.45, 7) is 0. The molecular weight excluding hydrogens is 160 g/mol. The Labute approximate surface area is 70.3 Å². The minimum absolute atomic E-state index is 0.382. The van der Waals surface area contributed by atoms with Gasteiger partial charge in [0.2, 0.25) is 6.29 Å². The van der Waals surface area contributed by atoms with Crippen LogP contribution in [0.3, 0.4) is 0 Å². The maximum atomic E-state index is 10.3. The molecule has 0 amide bonds. The number of hydrogen-bond acceptors (Lipinski definition) is 1. The predicted molar refractivity (Wildman–Crippen MR) is 46.0 cm³/mol. The summed E-state index contributed by atoms with van der Waals surface area (Å²) in [5.41, 5.74) is 2.40. The fourth-order valence-electron chi connectivity index (χ4n) is 0.762. The highest BCUT2D eigenvalue weighted by atomic mass is 35.5. The Morgan fingerprint density at radius 2 is 2.00 bits per heavy atom. The van der Waals surface area contributed by atoms with Gasteiger partial charge >= 0.3 is 0 Å². The zero-order valence-electron chi connectivity index (χ0n) is 5.75. The summed E-state index contributed by atoms with van der Waals surface area (Å²) in [5.74, 6) is 0. The Kier molecular flexibility index (Phi) is 2.87. The van der Waals surface area contributed by atoms with Gasteiger partial charge in [0.25, 0.3) is 0 Å². The lowest BCUT2D eigenvalue weighted by molar-refractivity contribution is 0.565. The number of benzene rings is 1. The van der Waals surface area contributed by atoms with Crippen molar-refractivity contribution in [3.63, 3.8) is 0 Å². The minimum Gasteiger partial charge on any atom is -0.285 e. The van der Waals surface area contributed by atoms with Gasteiger partial charge in [0.1, 0.15) is 0 Å². The molecule has 0 N–H and O–H groups in total. The van der Waals surface area contributed by atoms with E-state index in [1.807, 2.05) is 18.2 Å². The van der Waals surface area contributed by atoms with E-state index >= 15 is 0 Å². The average molecular weight is 166 g/mol. The van der Waals surface area contributed by atoms with E-state index in [0.29, 0.717) is 5.57 Å². The third kappa shape index (κ3) is 1.92. The molecule has 0 bridgehead atoms. The molecule has 1 rings (SSSR count). The second kappa shape index (κ2) is 3.94. The molecule has 55 valence electrons. The van der Waals surface area contributed by atoms with Gasteiger partial charge in [0.05, 0.1) is 0 Å². The highest BCUT2D eigenvalue weighted by Crippen LogP contribution is 2.11. The van der Waals surface area contributed by atoms with Gasteiger partial charge in [0.15, 0.2) is 0 Å². The maximum absolute atomic E-state index is 10.3. The number of allylic oxidation sites excluding steroid dienone is 1. The van der Waals surface area contributed by atoms with Crippen LogP contribution in [0.1, 0.15) is 5.56 Å². The Morgan fingerprint density at radius 3 is 2.45 bits per heavy atom. The van der Waals surface area contributed by atoms with E-state index in [2.05, 4.69) is 0 Å². The largest absolute Gasteiger partial charge is 0.285 e. The molecule has 2 heteroatoms. The van der Waals surface area contributed by atoms with Crippen molar-refractivity contribution in [2.24, 2.45) is 0 Å². The van der Waals surface area contributed by atoms with Gasteiger partial charge in [-0.15, -0.1) is 0 Å². The topological polar surface area (TPSA) is 17.1 Å². The first-order valence-electron chi connectivity index (χ1n) is 3.12. The summed E-state index contributed by atoms with van der Waals surface area (Å²) in [6, 6.07) is 9.17. The molecule has 0 saturated heterocycles. The fourth-order valence-corrected chi connectivity index (χ4v) is 0.932. The monoisotopic (exact) mass is 165 g/mol. The molecule has 1 aromatic rings. The summed E-state index contributed by atoms with van der Waals surface area (Å²) < 4.78 is 0. The Bertz CT molecular complexity index is 264. The molecule has 0 unspecified atom stereocenters. The van der Waals surface area contributed by atoms with Crippen molar-refractivity contribution in [2.75, 3.05) is 0 Å². The van der Waals surface area contributed by atoms with Crippen molar-refractivity contribution in [1.29, 1.82) is 0 Å². The van der Waals surface area contributed by atoms with Crippen molar-refractivity contribution in [3.8, 4) is 0 Å². The Morgan fingerprint density at radius 1 is 1.36 bits per heavy atom. The Hall–Kier alpha value is -1.08. The molecule has 0 fully saturated rings. The molecule has 1 radical (unpaired) electrons. The highest BCUT2D eigenvalue weighted by molar-refractivity contribution is 6.32. The van der Waals surface area contributed by atoms with Gasteiger partial charge < -0.3 is 0 Å². The van der Waals surface area contributed by atoms with Crippen LogP contribution in [-0.4, -0.2) is 6.29 Å². The molecule has 1 aromatic carbocycles. The molecule has 0 heterocycles. The smallest absolute Gasteiger partial charge is 0.235 e. The quantitative estimate of drug-likeness (QED) is 0.615. The van der Waals surface area contributed by atoms with E-state index in [9.17, 15) is 4.79 Å². The molecular formula is C9H6ClO. The van der Waals surface area contributed by atoms with Crippen LogP contribution in [0.15, 0.2) is 35.9 Å². The van der Waals surface area contributed by atoms with E-state index < -0.39 is 0 Å². The van der Waals surface area contributed by atoms with Gasteiger partial charge in [-0.2, -0.15) is 0 Å². The second-order valence-corrected chi connectivity index (χ2v) is 2.21. The molecule has 0 saturated carbocycles. The van der Waals surface area contributed by atoms with E-state index in [1.165, 1.54) is 5.54 Å². The first-order chi connectivity index (χ1) is 5.38. The molecule has 0 aliphatic heterocycles. The van der Waals surface area contributed by atoms with Crippen molar-refractivity contribution in [3.05, 3.63) is 41.4 Å². The van der Waals surface area contributed by atoms with Crippen LogP contribution in [0.2, 0.25) is 0 Å². The molecule has 0 atom stereocenters. The lowest BCUT2D eigenvalue weighted by Crippen LogP contribution is -1.82. The van der Waals surface area contributed by atoms with Crippen LogP contribution >= 0.6 is 11.6 Å². The Balaban J connectivity index is 3.01. The summed E-state index contributed by atoms with van der Waals surface area (Å²) >= 11 is 5.38. The van der Waals surface area contributed by atoms with Crippen molar-refractivity contribution >= 4 is 23.5 Å². The van der Waals surface area contributed by atoms with Crippen molar-refractivity contribution in [2.45, 2.75) is 0 Å². The molecule has 1 nitrogen and oxygen atoms in total. The fraction of sp³-hybridized carbons (Fsp3) is 0. The molecule has 0 spiro atoms. The van der Waals surface area contributed by atoms with Crippen LogP contribution < -0.4 is 0 Å². The molecule has 0 aliphatic rings. The van der Waals surface area contributed by atoms with Crippen molar-refractivity contribution in [1.82, 2.24) is 0 Å². The third-order valence-electron chi connectivity index (χ3n) is 1.30. The first kappa shape index (κ1) is 8.02. The molecule has 11 heavy (non-hydrogen) atoms. The van der Waals surface area contributed by atoms with Crippen LogP contribution in [0, 0.1) is 0 Å². The van der Waals surface area contributed by atoms with Crippen LogP contribution in [0.25, 0.3) is 5.57 Å². The lowest BCUT2D eigenvalue weighted by atomic mass is 10.1. The van der Waals surface area contributed by atoms with Crippen LogP contribution in [0.4, 0.5) is 0 Å². The van der Waals surface area contributed by atoms with Crippen LogP contribution in [0.5, 0.6) is 0 Å². The van der Waals surface area contributed by atoms with E-state index in [1.54, 1.807) is 18.4 Å². The van der Waals surface area contributed by atoms with E-state index in [0.717, 1.165) is 5.56 Å². The lowest BCUT2D eigenvalue weighted by Gasteiger charge is -1.94. The zero-order chi connectivity index (χ0) is 8.10. The maximum Gasteiger partial charge on any atom is 0.235 e. The van der Waals surface area contributed by atoms with Gasteiger partial charge in [-0.25, -0.2) is 0 Å². The van der Waals surface area contributed by atoms with Gasteiger partial charge in [-0.05, 0) is 5.56 Å². The standard InChI is InChI=1S/C9H6ClO/c10-6-9(7-11)8-4-2-1-3-5-8/h1-6H. The highest BCUT2D eigenvalue weighted by Gasteiger charge is 1.97. The van der Waals surface area contributed by atoms with Gasteiger partial charge in [-0.3, -0.25) is 4.79 Å². The normalized spacial score (nSPS) is 11.2. The SMILES string of the molecule is O=[C]C(=CCl)c1ccccc1. The van der Waals surface area contributed by atoms with Gasteiger partial charge in [0, 0.05) is 11.1 Å². The third-order valence-corrected chi connectivity index (χ3v) is 1.52. The molecule has 0 aromatic heterocycles. The first-order valence-corrected chi connectivity index (χ1v) is 3.56. The van der Waals surface area contributed by atoms with Crippen molar-refractivity contribution < 1.29 is 4.79 Å². The minimum atomic E-state index is 0.382. The number of rotatable bonds is 2. The predicted octanol–water partition coefficient (Wildman–Crippen LogP) is 2.38. The molecule has 0 aliphatic carbocycles. The number of carbonyl (C=O) groups excluding carboxylic acids is 1. The number of hydrogen-bond donors (Lipinski definition) is 0. The summed E-state index contributed by atoms with van der Waals surface area (Å²) in [5, 5.41) is 0. The van der Waals surface area contributed by atoms with Gasteiger partial charge in [-0.1, -0.05) is 41.9 Å². The number of halogens is 1. The van der Waals surface area contributed by atoms with E-state index in [4.69, 9.17) is 11.6 Å².